The normalized spacial score (nSPS) is 27.0. The third-order valence-corrected chi connectivity index (χ3v) is 7.04. The number of carbonyl (C=O) groups is 1. The smallest absolute Gasteiger partial charge is 0.226 e. The molecule has 1 atom stereocenters. The van der Waals surface area contributed by atoms with Crippen LogP contribution in [0.3, 0.4) is 0 Å². The van der Waals surface area contributed by atoms with Gasteiger partial charge in [-0.05, 0) is 19.3 Å². The van der Waals surface area contributed by atoms with Gasteiger partial charge in [-0.15, -0.1) is 0 Å². The van der Waals surface area contributed by atoms with Crippen LogP contribution in [0.4, 0.5) is 0 Å². The molecule has 0 aromatic heterocycles. The molecule has 0 bridgehead atoms. The van der Waals surface area contributed by atoms with Gasteiger partial charge in [0, 0.05) is 57.8 Å². The van der Waals surface area contributed by atoms with Crippen molar-refractivity contribution in [1.82, 2.24) is 19.0 Å². The van der Waals surface area contributed by atoms with E-state index in [1.807, 2.05) is 16.3 Å². The zero-order valence-electron chi connectivity index (χ0n) is 15.3. The summed E-state index contributed by atoms with van der Waals surface area (Å²) in [5.74, 6) is 0.255. The zero-order chi connectivity index (χ0) is 18.9. The van der Waals surface area contributed by atoms with Crippen molar-refractivity contribution in [2.75, 3.05) is 52.1 Å². The van der Waals surface area contributed by atoms with E-state index < -0.39 is 10.0 Å². The molecule has 9 nitrogen and oxygen atoms in total. The number of likely N-dealkylation sites (tertiary alicyclic amines) is 2. The van der Waals surface area contributed by atoms with E-state index >= 15 is 0 Å². The highest BCUT2D eigenvalue weighted by atomic mass is 32.2. The first-order valence-electron chi connectivity index (χ1n) is 9.17. The Hall–Kier alpha value is -1.39. The highest BCUT2D eigenvalue weighted by molar-refractivity contribution is 7.88. The number of piperidine rings is 1. The van der Waals surface area contributed by atoms with Gasteiger partial charge in [0.2, 0.25) is 15.9 Å². The largest absolute Gasteiger partial charge is 0.370 e. The van der Waals surface area contributed by atoms with Crippen LogP contribution in [0.25, 0.3) is 0 Å². The lowest BCUT2D eigenvalue weighted by molar-refractivity contribution is -0.134. The number of sulfonamides is 1. The van der Waals surface area contributed by atoms with E-state index in [0.717, 1.165) is 19.3 Å². The third-order valence-electron chi connectivity index (χ3n) is 5.73. The summed E-state index contributed by atoms with van der Waals surface area (Å²) in [6, 6.07) is 0.276. The van der Waals surface area contributed by atoms with Crippen LogP contribution in [0.5, 0.6) is 0 Å². The molecule has 26 heavy (non-hydrogen) atoms. The van der Waals surface area contributed by atoms with Crippen molar-refractivity contribution in [2.45, 2.75) is 25.3 Å². The number of amides is 1. The fourth-order valence-corrected chi connectivity index (χ4v) is 4.90. The van der Waals surface area contributed by atoms with Gasteiger partial charge in [-0.1, -0.05) is 0 Å². The first-order valence-corrected chi connectivity index (χ1v) is 11.0. The Morgan fingerprint density at radius 1 is 1.12 bits per heavy atom. The molecule has 147 valence electrons. The summed E-state index contributed by atoms with van der Waals surface area (Å²) in [6.45, 7) is 6.47. The average Bonchev–Trinajstić information content (AvgIpc) is 3.10. The van der Waals surface area contributed by atoms with Crippen LogP contribution in [0.2, 0.25) is 0 Å². The predicted octanol–water partition coefficient (Wildman–Crippen LogP) is -1.07. The van der Waals surface area contributed by atoms with Crippen LogP contribution in [0.1, 0.15) is 19.3 Å². The molecule has 0 aliphatic carbocycles. The van der Waals surface area contributed by atoms with Gasteiger partial charge in [-0.25, -0.2) is 8.42 Å². The molecule has 10 heteroatoms. The molecule has 3 N–H and O–H groups in total. The summed E-state index contributed by atoms with van der Waals surface area (Å²) in [5, 5.41) is 7.48. The van der Waals surface area contributed by atoms with Crippen molar-refractivity contribution in [2.24, 2.45) is 11.7 Å². The Labute approximate surface area is 155 Å². The second-order valence-electron chi connectivity index (χ2n) is 7.41. The standard InChI is InChI=1S/C16H29N6O3S/c1-26(24,25)22-10-8-19(9-11-22)14-4-7-21(12-14)15(23)13-2-5-20(6-3-13)16(17)18/h7,13-14H,2-6,8-12H2,1H3,(H3,17,18). The highest BCUT2D eigenvalue weighted by Gasteiger charge is 2.36. The Balaban J connectivity index is 1.47. The molecule has 0 aromatic carbocycles. The first-order chi connectivity index (χ1) is 12.3. The number of nitrogens with one attached hydrogen (secondary N) is 1. The highest BCUT2D eigenvalue weighted by Crippen LogP contribution is 2.26. The van der Waals surface area contributed by atoms with Crippen LogP contribution in [-0.4, -0.2) is 97.4 Å². The Bertz CT molecular complexity index is 638. The topological polar surface area (TPSA) is 114 Å². The van der Waals surface area contributed by atoms with Gasteiger partial charge in [0.05, 0.1) is 12.8 Å². The van der Waals surface area contributed by atoms with Crippen LogP contribution < -0.4 is 5.73 Å². The molecule has 1 unspecified atom stereocenters. The van der Waals surface area contributed by atoms with E-state index in [1.54, 1.807) is 0 Å². The summed E-state index contributed by atoms with van der Waals surface area (Å²) in [6.07, 6.45) is 3.56. The number of nitrogens with zero attached hydrogens (tertiary/aromatic N) is 4. The van der Waals surface area contributed by atoms with Gasteiger partial charge in [-0.3, -0.25) is 15.1 Å². The Kier molecular flexibility index (Phi) is 5.73. The van der Waals surface area contributed by atoms with Crippen LogP contribution in [0.15, 0.2) is 0 Å². The van der Waals surface area contributed by atoms with Gasteiger partial charge in [-0.2, -0.15) is 4.31 Å². The number of guanidine groups is 1. The molecular formula is C16H29N6O3S. The van der Waals surface area contributed by atoms with Crippen molar-refractivity contribution in [3.8, 4) is 0 Å². The van der Waals surface area contributed by atoms with E-state index in [4.69, 9.17) is 11.1 Å². The minimum Gasteiger partial charge on any atom is -0.370 e. The van der Waals surface area contributed by atoms with E-state index in [9.17, 15) is 13.2 Å². The summed E-state index contributed by atoms with van der Waals surface area (Å²) in [4.78, 5) is 18.7. The molecule has 3 aliphatic heterocycles. The van der Waals surface area contributed by atoms with Gasteiger partial charge in [0.25, 0.3) is 0 Å². The summed E-state index contributed by atoms with van der Waals surface area (Å²) < 4.78 is 24.8. The fraction of sp³-hybridized carbons (Fsp3) is 0.812. The minimum absolute atomic E-state index is 0.00248. The van der Waals surface area contributed by atoms with Crippen molar-refractivity contribution in [3.05, 3.63) is 6.54 Å². The lowest BCUT2D eigenvalue weighted by Gasteiger charge is -2.37. The minimum atomic E-state index is -3.12. The van der Waals surface area contributed by atoms with E-state index in [-0.39, 0.29) is 23.8 Å². The SMILES string of the molecule is CS(=O)(=O)N1CCN(C2C[CH]N(C(=O)C3CCN(C(=N)N)CC3)C2)CC1. The van der Waals surface area contributed by atoms with Crippen molar-refractivity contribution in [1.29, 1.82) is 5.41 Å². The molecular weight excluding hydrogens is 356 g/mol. The lowest BCUT2D eigenvalue weighted by atomic mass is 9.95. The quantitative estimate of drug-likeness (QED) is 0.472. The van der Waals surface area contributed by atoms with Crippen molar-refractivity contribution < 1.29 is 13.2 Å². The summed E-state index contributed by atoms with van der Waals surface area (Å²) in [7, 11) is -3.12. The number of hydrogen-bond acceptors (Lipinski definition) is 5. The van der Waals surface area contributed by atoms with Crippen molar-refractivity contribution in [3.63, 3.8) is 0 Å². The van der Waals surface area contributed by atoms with E-state index in [0.29, 0.717) is 45.8 Å². The van der Waals surface area contributed by atoms with Gasteiger partial charge >= 0.3 is 0 Å². The maximum absolute atomic E-state index is 12.8. The second-order valence-corrected chi connectivity index (χ2v) is 9.39. The van der Waals surface area contributed by atoms with Crippen LogP contribution >= 0.6 is 0 Å². The molecule has 0 aromatic rings. The Morgan fingerprint density at radius 2 is 1.73 bits per heavy atom. The molecule has 3 aliphatic rings. The molecule has 1 radical (unpaired) electrons. The molecule has 3 fully saturated rings. The molecule has 3 saturated heterocycles. The fourth-order valence-electron chi connectivity index (χ4n) is 4.07. The van der Waals surface area contributed by atoms with Crippen LogP contribution in [0, 0.1) is 17.9 Å². The number of nitrogens with two attached hydrogens (primary N) is 1. The number of carbonyl (C=O) groups excluding carboxylic acids is 1. The Morgan fingerprint density at radius 3 is 2.27 bits per heavy atom. The maximum Gasteiger partial charge on any atom is 0.226 e. The van der Waals surface area contributed by atoms with Crippen molar-refractivity contribution >= 4 is 21.9 Å². The average molecular weight is 386 g/mol. The van der Waals surface area contributed by atoms with Crippen LogP contribution in [-0.2, 0) is 14.8 Å². The summed E-state index contributed by atoms with van der Waals surface area (Å²) >= 11 is 0. The molecule has 3 heterocycles. The number of rotatable bonds is 3. The van der Waals surface area contributed by atoms with E-state index in [2.05, 4.69) is 4.90 Å². The third kappa shape index (κ3) is 4.29. The summed E-state index contributed by atoms with van der Waals surface area (Å²) in [5.41, 5.74) is 5.51. The zero-order valence-corrected chi connectivity index (χ0v) is 16.1. The monoisotopic (exact) mass is 385 g/mol. The first kappa shape index (κ1) is 19.4. The molecule has 0 saturated carbocycles. The van der Waals surface area contributed by atoms with Gasteiger partial charge in [0.1, 0.15) is 0 Å². The maximum atomic E-state index is 12.8. The van der Waals surface area contributed by atoms with E-state index in [1.165, 1.54) is 10.6 Å². The van der Waals surface area contributed by atoms with Gasteiger partial charge < -0.3 is 15.5 Å². The molecule has 3 rings (SSSR count). The predicted molar refractivity (Wildman–Crippen MR) is 98.6 cm³/mol. The number of piperazine rings is 1. The molecule has 0 spiro atoms. The van der Waals surface area contributed by atoms with Gasteiger partial charge in [0.15, 0.2) is 5.96 Å². The second kappa shape index (κ2) is 7.69. The number of hydrogen-bond donors (Lipinski definition) is 2. The molecule has 1 amide bonds. The lowest BCUT2D eigenvalue weighted by Crippen LogP contribution is -2.52.